The van der Waals surface area contributed by atoms with Crippen molar-refractivity contribution in [2.24, 2.45) is 0 Å². The number of aromatic hydroxyl groups is 1. The Morgan fingerprint density at radius 2 is 1.96 bits per heavy atom. The Bertz CT molecular complexity index is 1180. The Labute approximate surface area is 157 Å². The standard InChI is InChI=1S/C18H15ClFN3O4/c1-21(2)17(26)11-9-22-5-6-23(18(27)14(22)16(25)15(11)24)8-10-3-4-13(20)12(19)7-10/h3-7,9,25H,8H2,1-2H3. The minimum atomic E-state index is -0.923. The molecule has 0 saturated heterocycles. The molecule has 0 spiro atoms. The monoisotopic (exact) mass is 391 g/mol. The molecule has 0 aliphatic carbocycles. The van der Waals surface area contributed by atoms with E-state index in [0.717, 1.165) is 0 Å². The van der Waals surface area contributed by atoms with E-state index in [4.69, 9.17) is 11.6 Å². The number of rotatable bonds is 3. The highest BCUT2D eigenvalue weighted by Crippen LogP contribution is 2.17. The van der Waals surface area contributed by atoms with Gasteiger partial charge in [0.15, 0.2) is 11.3 Å². The van der Waals surface area contributed by atoms with Crippen molar-refractivity contribution in [1.29, 1.82) is 0 Å². The summed E-state index contributed by atoms with van der Waals surface area (Å²) in [6.45, 7) is 0.0569. The van der Waals surface area contributed by atoms with Crippen LogP contribution >= 0.6 is 11.6 Å². The number of hydrogen-bond donors (Lipinski definition) is 1. The van der Waals surface area contributed by atoms with Crippen molar-refractivity contribution in [2.45, 2.75) is 6.54 Å². The van der Waals surface area contributed by atoms with E-state index in [0.29, 0.717) is 5.56 Å². The molecule has 1 amide bonds. The summed E-state index contributed by atoms with van der Waals surface area (Å²) in [5.41, 5.74) is -1.51. The molecule has 7 nitrogen and oxygen atoms in total. The molecule has 0 fully saturated rings. The molecule has 1 aromatic carbocycles. The number of hydrogen-bond acceptors (Lipinski definition) is 4. The molecular weight excluding hydrogens is 377 g/mol. The molecular formula is C18H15ClFN3O4. The fraction of sp³-hybridized carbons (Fsp3) is 0.167. The van der Waals surface area contributed by atoms with E-state index in [1.807, 2.05) is 0 Å². The van der Waals surface area contributed by atoms with Gasteiger partial charge in [-0.3, -0.25) is 14.4 Å². The van der Waals surface area contributed by atoms with Crippen LogP contribution < -0.4 is 11.0 Å². The molecule has 0 aliphatic heterocycles. The van der Waals surface area contributed by atoms with Crippen LogP contribution in [0.2, 0.25) is 5.02 Å². The van der Waals surface area contributed by atoms with Crippen LogP contribution in [0, 0.1) is 5.82 Å². The maximum absolute atomic E-state index is 13.3. The zero-order chi connectivity index (χ0) is 19.9. The lowest BCUT2D eigenvalue weighted by atomic mass is 10.2. The normalized spacial score (nSPS) is 11.0. The number of carbonyl (C=O) groups excluding carboxylic acids is 1. The van der Waals surface area contributed by atoms with Crippen molar-refractivity contribution >= 4 is 23.0 Å². The van der Waals surface area contributed by atoms with Gasteiger partial charge in [0.05, 0.1) is 11.6 Å². The highest BCUT2D eigenvalue weighted by Gasteiger charge is 2.20. The maximum atomic E-state index is 13.3. The van der Waals surface area contributed by atoms with Crippen LogP contribution in [-0.2, 0) is 6.54 Å². The van der Waals surface area contributed by atoms with Gasteiger partial charge in [-0.2, -0.15) is 0 Å². The Morgan fingerprint density at radius 1 is 1.26 bits per heavy atom. The maximum Gasteiger partial charge on any atom is 0.279 e. The van der Waals surface area contributed by atoms with Crippen LogP contribution in [0.3, 0.4) is 0 Å². The SMILES string of the molecule is CN(C)C(=O)c1cn2ccn(Cc3ccc(F)c(Cl)c3)c(=O)c2c(O)c1=O. The zero-order valence-electron chi connectivity index (χ0n) is 14.4. The van der Waals surface area contributed by atoms with E-state index in [-0.39, 0.29) is 22.6 Å². The van der Waals surface area contributed by atoms with E-state index < -0.39 is 28.5 Å². The predicted molar refractivity (Wildman–Crippen MR) is 98.1 cm³/mol. The van der Waals surface area contributed by atoms with Gasteiger partial charge in [0.1, 0.15) is 11.4 Å². The molecule has 2 aromatic heterocycles. The Morgan fingerprint density at radius 3 is 2.59 bits per heavy atom. The van der Waals surface area contributed by atoms with Crippen LogP contribution in [0.5, 0.6) is 5.75 Å². The first-order valence-corrected chi connectivity index (χ1v) is 8.21. The van der Waals surface area contributed by atoms with Crippen molar-refractivity contribution in [1.82, 2.24) is 13.9 Å². The van der Waals surface area contributed by atoms with Crippen molar-refractivity contribution in [3.05, 3.63) is 79.3 Å². The lowest BCUT2D eigenvalue weighted by Crippen LogP contribution is -2.30. The summed E-state index contributed by atoms with van der Waals surface area (Å²) >= 11 is 5.75. The number of pyridine rings is 1. The van der Waals surface area contributed by atoms with Gasteiger partial charge in [-0.25, -0.2) is 4.39 Å². The number of fused-ring (bicyclic) bond motifs is 1. The van der Waals surface area contributed by atoms with Gasteiger partial charge < -0.3 is 19.0 Å². The third-order valence-corrected chi connectivity index (χ3v) is 4.34. The first-order valence-electron chi connectivity index (χ1n) is 7.83. The average Bonchev–Trinajstić information content (AvgIpc) is 2.62. The average molecular weight is 392 g/mol. The van der Waals surface area contributed by atoms with Gasteiger partial charge in [0.25, 0.3) is 11.5 Å². The number of halogens is 2. The third-order valence-electron chi connectivity index (χ3n) is 4.05. The molecule has 140 valence electrons. The number of nitrogens with zero attached hydrogens (tertiary/aromatic N) is 3. The van der Waals surface area contributed by atoms with Crippen LogP contribution in [0.1, 0.15) is 15.9 Å². The lowest BCUT2D eigenvalue weighted by molar-refractivity contribution is 0.0825. The minimum Gasteiger partial charge on any atom is -0.503 e. The molecule has 27 heavy (non-hydrogen) atoms. The van der Waals surface area contributed by atoms with Gasteiger partial charge in [0.2, 0.25) is 5.43 Å². The first kappa shape index (κ1) is 18.7. The second-order valence-corrected chi connectivity index (χ2v) is 6.56. The molecule has 3 aromatic rings. The van der Waals surface area contributed by atoms with Crippen LogP contribution in [0.15, 0.2) is 46.4 Å². The first-order chi connectivity index (χ1) is 12.7. The quantitative estimate of drug-likeness (QED) is 0.736. The Kier molecular flexibility index (Phi) is 4.75. The zero-order valence-corrected chi connectivity index (χ0v) is 15.2. The number of aromatic nitrogens is 2. The Hall–Kier alpha value is -3.13. The number of benzene rings is 1. The second kappa shape index (κ2) is 6.88. The molecule has 1 N–H and O–H groups in total. The summed E-state index contributed by atoms with van der Waals surface area (Å²) in [5, 5.41) is 10.2. The summed E-state index contributed by atoms with van der Waals surface area (Å²) in [7, 11) is 2.94. The lowest BCUT2D eigenvalue weighted by Gasteiger charge is -2.13. The van der Waals surface area contributed by atoms with Crippen molar-refractivity contribution in [3.63, 3.8) is 0 Å². The molecule has 9 heteroatoms. The van der Waals surface area contributed by atoms with E-state index in [9.17, 15) is 23.9 Å². The summed E-state index contributed by atoms with van der Waals surface area (Å²) in [6.07, 6.45) is 4.08. The second-order valence-electron chi connectivity index (χ2n) is 6.16. The highest BCUT2D eigenvalue weighted by atomic mass is 35.5. The summed E-state index contributed by atoms with van der Waals surface area (Å²) in [5.74, 6) is -1.97. The van der Waals surface area contributed by atoms with Crippen LogP contribution in [-0.4, -0.2) is 39.0 Å². The topological polar surface area (TPSA) is 84.0 Å². The largest absolute Gasteiger partial charge is 0.503 e. The van der Waals surface area contributed by atoms with E-state index in [1.165, 1.54) is 64.8 Å². The van der Waals surface area contributed by atoms with Crippen LogP contribution in [0.25, 0.3) is 5.52 Å². The number of carbonyl (C=O) groups is 1. The fourth-order valence-corrected chi connectivity index (χ4v) is 2.86. The van der Waals surface area contributed by atoms with Crippen LogP contribution in [0.4, 0.5) is 4.39 Å². The predicted octanol–water partition coefficient (Wildman–Crippen LogP) is 1.71. The molecule has 0 unspecified atom stereocenters. The molecule has 0 atom stereocenters. The smallest absolute Gasteiger partial charge is 0.279 e. The molecule has 2 heterocycles. The van der Waals surface area contributed by atoms with E-state index in [1.54, 1.807) is 0 Å². The van der Waals surface area contributed by atoms with Gasteiger partial charge in [-0.15, -0.1) is 0 Å². The molecule has 3 rings (SSSR count). The summed E-state index contributed by atoms with van der Waals surface area (Å²) < 4.78 is 15.7. The van der Waals surface area contributed by atoms with Gasteiger partial charge in [-0.05, 0) is 17.7 Å². The van der Waals surface area contributed by atoms with Crippen molar-refractivity contribution < 1.29 is 14.3 Å². The summed E-state index contributed by atoms with van der Waals surface area (Å²) in [6, 6.07) is 4.05. The Balaban J connectivity index is 2.15. The van der Waals surface area contributed by atoms with Crippen molar-refractivity contribution in [3.8, 4) is 5.75 Å². The number of amides is 1. The van der Waals surface area contributed by atoms with E-state index >= 15 is 0 Å². The van der Waals surface area contributed by atoms with Gasteiger partial charge in [0, 0.05) is 32.7 Å². The van der Waals surface area contributed by atoms with Gasteiger partial charge in [-0.1, -0.05) is 17.7 Å². The highest BCUT2D eigenvalue weighted by molar-refractivity contribution is 6.30. The fourth-order valence-electron chi connectivity index (χ4n) is 2.66. The molecule has 0 radical (unpaired) electrons. The van der Waals surface area contributed by atoms with Crippen molar-refractivity contribution in [2.75, 3.05) is 14.1 Å². The molecule has 0 bridgehead atoms. The molecule has 0 saturated carbocycles. The minimum absolute atomic E-state index is 0.0569. The van der Waals surface area contributed by atoms with Gasteiger partial charge >= 0.3 is 0 Å². The molecule has 0 aliphatic rings. The third kappa shape index (κ3) is 3.31. The summed E-state index contributed by atoms with van der Waals surface area (Å²) in [4.78, 5) is 38.3. The van der Waals surface area contributed by atoms with E-state index in [2.05, 4.69) is 0 Å².